The molecular weight excluding hydrogens is 436 g/mol. The Morgan fingerprint density at radius 3 is 2.00 bits per heavy atom. The van der Waals surface area contributed by atoms with Crippen molar-refractivity contribution in [3.05, 3.63) is 138 Å². The lowest BCUT2D eigenvalue weighted by molar-refractivity contribution is -0.145. The number of methoxy groups -OCH3 is 1. The summed E-state index contributed by atoms with van der Waals surface area (Å²) in [6, 6.07) is 36.3. The van der Waals surface area contributed by atoms with E-state index < -0.39 is 17.6 Å². The second-order valence-corrected chi connectivity index (χ2v) is 8.53. The molecule has 2 atom stereocenters. The topological polar surface area (TPSA) is 62.1 Å². The highest BCUT2D eigenvalue weighted by Crippen LogP contribution is 2.49. The van der Waals surface area contributed by atoms with Crippen LogP contribution in [-0.4, -0.2) is 28.9 Å². The van der Waals surface area contributed by atoms with Crippen LogP contribution in [0.2, 0.25) is 0 Å². The van der Waals surface area contributed by atoms with Gasteiger partial charge in [0, 0.05) is 12.1 Å². The van der Waals surface area contributed by atoms with Gasteiger partial charge in [0.2, 0.25) is 5.54 Å². The molecule has 5 nitrogen and oxygen atoms in total. The molecule has 4 aromatic carbocycles. The predicted octanol–water partition coefficient (Wildman–Crippen LogP) is 5.68. The zero-order valence-corrected chi connectivity index (χ0v) is 19.4. The van der Waals surface area contributed by atoms with E-state index in [1.54, 1.807) is 31.4 Å². The lowest BCUT2D eigenvalue weighted by Crippen LogP contribution is -2.43. The molecular formula is C30H26N2O3. The SMILES string of the molecule is COc1ccc([C@]2(C(=O)O)N=C(c3ccccc3)N(Cc3ccccc3)[C@H]2c2ccccc2)cc1. The van der Waals surface area contributed by atoms with Crippen LogP contribution in [0.15, 0.2) is 120 Å². The average Bonchev–Trinajstić information content (AvgIpc) is 3.26. The zero-order valence-electron chi connectivity index (χ0n) is 19.4. The van der Waals surface area contributed by atoms with Crippen molar-refractivity contribution in [3.8, 4) is 5.75 Å². The minimum absolute atomic E-state index is 0.513. The van der Waals surface area contributed by atoms with Crippen molar-refractivity contribution < 1.29 is 14.6 Å². The first-order chi connectivity index (χ1) is 17.1. The van der Waals surface area contributed by atoms with Crippen molar-refractivity contribution in [2.24, 2.45) is 4.99 Å². The minimum atomic E-state index is -1.55. The molecule has 174 valence electrons. The van der Waals surface area contributed by atoms with E-state index in [2.05, 4.69) is 17.0 Å². The number of carbonyl (C=O) groups is 1. The number of amidine groups is 1. The van der Waals surface area contributed by atoms with Crippen LogP contribution in [0.5, 0.6) is 5.75 Å². The summed E-state index contributed by atoms with van der Waals surface area (Å²) in [7, 11) is 1.59. The van der Waals surface area contributed by atoms with Gasteiger partial charge in [-0.15, -0.1) is 0 Å². The molecule has 0 aliphatic carbocycles. The molecule has 0 unspecified atom stereocenters. The number of hydrogen-bond acceptors (Lipinski definition) is 4. The summed E-state index contributed by atoms with van der Waals surface area (Å²) in [5.74, 6) is 0.319. The lowest BCUT2D eigenvalue weighted by atomic mass is 9.79. The standard InChI is InChI=1S/C30H26N2O3/c1-35-26-19-17-25(18-20-26)30(29(33)34)27(23-13-7-3-8-14-23)32(21-22-11-5-2-6-12-22)28(31-30)24-15-9-4-10-16-24/h2-20,27H,21H2,1H3,(H,33,34)/t27-,30-/m0/s1. The molecule has 0 saturated heterocycles. The molecule has 1 aliphatic heterocycles. The summed E-state index contributed by atoms with van der Waals surface area (Å²) in [5.41, 5.74) is 1.89. The summed E-state index contributed by atoms with van der Waals surface area (Å²) in [4.78, 5) is 20.4. The predicted molar refractivity (Wildman–Crippen MR) is 136 cm³/mol. The largest absolute Gasteiger partial charge is 0.497 e. The maximum atomic E-state index is 13.3. The van der Waals surface area contributed by atoms with E-state index in [1.807, 2.05) is 78.9 Å². The van der Waals surface area contributed by atoms with Gasteiger partial charge in [0.05, 0.1) is 13.2 Å². The van der Waals surface area contributed by atoms with Crippen LogP contribution >= 0.6 is 0 Å². The van der Waals surface area contributed by atoms with Crippen molar-refractivity contribution >= 4 is 11.8 Å². The van der Waals surface area contributed by atoms with Gasteiger partial charge in [-0.25, -0.2) is 9.79 Å². The molecule has 0 radical (unpaired) electrons. The second kappa shape index (κ2) is 9.47. The Hall–Kier alpha value is -4.38. The van der Waals surface area contributed by atoms with Gasteiger partial charge in [-0.2, -0.15) is 0 Å². The van der Waals surface area contributed by atoms with E-state index in [1.165, 1.54) is 0 Å². The first-order valence-electron chi connectivity index (χ1n) is 11.5. The molecule has 1 aliphatic rings. The Balaban J connectivity index is 1.77. The highest BCUT2D eigenvalue weighted by atomic mass is 16.5. The molecule has 35 heavy (non-hydrogen) atoms. The summed E-state index contributed by atoms with van der Waals surface area (Å²) in [6.07, 6.45) is 0. The quantitative estimate of drug-likeness (QED) is 0.384. The molecule has 0 aromatic heterocycles. The Kier molecular flexibility index (Phi) is 6.06. The molecule has 4 aromatic rings. The molecule has 1 N–H and O–H groups in total. The van der Waals surface area contributed by atoms with Crippen LogP contribution in [0.1, 0.15) is 28.3 Å². The third-order valence-corrected chi connectivity index (χ3v) is 6.46. The Bertz CT molecular complexity index is 1320. The van der Waals surface area contributed by atoms with Crippen LogP contribution in [0.4, 0.5) is 0 Å². The Morgan fingerprint density at radius 1 is 0.857 bits per heavy atom. The number of carboxylic acids is 1. The summed E-state index contributed by atoms with van der Waals surface area (Å²) >= 11 is 0. The number of carboxylic acid groups (broad SMARTS) is 1. The van der Waals surface area contributed by atoms with E-state index in [-0.39, 0.29) is 0 Å². The lowest BCUT2D eigenvalue weighted by Gasteiger charge is -2.36. The Morgan fingerprint density at radius 2 is 1.43 bits per heavy atom. The van der Waals surface area contributed by atoms with Gasteiger partial charge in [-0.1, -0.05) is 103 Å². The molecule has 5 heteroatoms. The first-order valence-corrected chi connectivity index (χ1v) is 11.5. The maximum absolute atomic E-state index is 13.3. The van der Waals surface area contributed by atoms with Crippen molar-refractivity contribution in [2.45, 2.75) is 18.1 Å². The monoisotopic (exact) mass is 462 g/mol. The molecule has 0 fully saturated rings. The minimum Gasteiger partial charge on any atom is -0.497 e. The number of aliphatic imine (C=N–C) groups is 1. The number of ether oxygens (including phenoxy) is 1. The number of hydrogen-bond donors (Lipinski definition) is 1. The fourth-order valence-electron chi connectivity index (χ4n) is 4.82. The van der Waals surface area contributed by atoms with Gasteiger partial charge >= 0.3 is 5.97 Å². The number of aliphatic carboxylic acids is 1. The average molecular weight is 463 g/mol. The number of benzene rings is 4. The summed E-state index contributed by atoms with van der Waals surface area (Å²) < 4.78 is 5.33. The third-order valence-electron chi connectivity index (χ3n) is 6.46. The zero-order chi connectivity index (χ0) is 24.3. The van der Waals surface area contributed by atoms with Gasteiger partial charge in [-0.05, 0) is 28.8 Å². The summed E-state index contributed by atoms with van der Waals surface area (Å²) in [6.45, 7) is 0.513. The van der Waals surface area contributed by atoms with Crippen LogP contribution in [0, 0.1) is 0 Å². The van der Waals surface area contributed by atoms with Gasteiger partial charge in [0.15, 0.2) is 0 Å². The van der Waals surface area contributed by atoms with Crippen molar-refractivity contribution in [3.63, 3.8) is 0 Å². The van der Waals surface area contributed by atoms with Crippen molar-refractivity contribution in [2.75, 3.05) is 7.11 Å². The molecule has 5 rings (SSSR count). The van der Waals surface area contributed by atoms with E-state index in [0.29, 0.717) is 23.7 Å². The Labute approximate surface area is 205 Å². The normalized spacial score (nSPS) is 19.3. The fraction of sp³-hybridized carbons (Fsp3) is 0.133. The highest BCUT2D eigenvalue weighted by molar-refractivity contribution is 6.04. The van der Waals surface area contributed by atoms with Crippen molar-refractivity contribution in [1.82, 2.24) is 4.90 Å². The van der Waals surface area contributed by atoms with Crippen LogP contribution in [0.3, 0.4) is 0 Å². The van der Waals surface area contributed by atoms with Gasteiger partial charge in [-0.3, -0.25) is 0 Å². The molecule has 0 bridgehead atoms. The van der Waals surface area contributed by atoms with Crippen LogP contribution < -0.4 is 4.74 Å². The smallest absolute Gasteiger partial charge is 0.338 e. The van der Waals surface area contributed by atoms with Gasteiger partial charge in [0.25, 0.3) is 0 Å². The highest BCUT2D eigenvalue weighted by Gasteiger charge is 2.56. The fourth-order valence-corrected chi connectivity index (χ4v) is 4.82. The first kappa shape index (κ1) is 22.4. The van der Waals surface area contributed by atoms with Crippen LogP contribution in [0.25, 0.3) is 0 Å². The number of rotatable bonds is 7. The molecule has 0 amide bonds. The van der Waals surface area contributed by atoms with E-state index in [4.69, 9.17) is 9.73 Å². The van der Waals surface area contributed by atoms with E-state index >= 15 is 0 Å². The molecule has 0 saturated carbocycles. The van der Waals surface area contributed by atoms with Crippen LogP contribution in [-0.2, 0) is 16.9 Å². The maximum Gasteiger partial charge on any atom is 0.338 e. The van der Waals surface area contributed by atoms with Gasteiger partial charge < -0.3 is 14.7 Å². The van der Waals surface area contributed by atoms with Crippen molar-refractivity contribution in [1.29, 1.82) is 0 Å². The van der Waals surface area contributed by atoms with E-state index in [9.17, 15) is 9.90 Å². The second-order valence-electron chi connectivity index (χ2n) is 8.53. The third kappa shape index (κ3) is 4.06. The molecule has 0 spiro atoms. The van der Waals surface area contributed by atoms with E-state index in [0.717, 1.165) is 16.7 Å². The number of nitrogens with zero attached hydrogens (tertiary/aromatic N) is 2. The summed E-state index contributed by atoms with van der Waals surface area (Å²) in [5, 5.41) is 10.9. The van der Waals surface area contributed by atoms with Gasteiger partial charge in [0.1, 0.15) is 11.6 Å². The molecule has 1 heterocycles.